The van der Waals surface area contributed by atoms with E-state index in [9.17, 15) is 23.6 Å². The van der Waals surface area contributed by atoms with E-state index in [2.05, 4.69) is 6.07 Å². The van der Waals surface area contributed by atoms with Crippen LogP contribution in [0.2, 0.25) is 0 Å². The van der Waals surface area contributed by atoms with E-state index in [1.54, 1.807) is 29.2 Å². The lowest BCUT2D eigenvalue weighted by Crippen LogP contribution is -2.57. The number of rotatable bonds is 6. The molecule has 2 N–H and O–H groups in total. The highest BCUT2D eigenvalue weighted by atomic mass is 19.1. The van der Waals surface area contributed by atoms with Gasteiger partial charge in [-0.2, -0.15) is 5.26 Å². The van der Waals surface area contributed by atoms with Gasteiger partial charge >= 0.3 is 0 Å². The molecular formula is C27H27F2N5O2. The van der Waals surface area contributed by atoms with E-state index in [-0.39, 0.29) is 42.1 Å². The molecule has 3 saturated heterocycles. The molecule has 2 bridgehead atoms. The van der Waals surface area contributed by atoms with Crippen molar-refractivity contribution in [3.8, 4) is 6.07 Å². The van der Waals surface area contributed by atoms with Gasteiger partial charge in [-0.05, 0) is 60.6 Å². The van der Waals surface area contributed by atoms with Crippen molar-refractivity contribution in [2.24, 2.45) is 11.7 Å². The molecule has 0 aromatic heterocycles. The first-order valence-electron chi connectivity index (χ1n) is 12.4. The molecule has 0 spiro atoms. The van der Waals surface area contributed by atoms with Crippen LogP contribution in [0.4, 0.5) is 8.78 Å². The number of carbonyl (C=O) groups is 2. The fraction of sp³-hybridized carbons (Fsp3) is 0.444. The number of nitrogens with zero attached hydrogens (tertiary/aromatic N) is 4. The number of carbonyl (C=O) groups excluding carboxylic acids is 2. The number of hydrogen-bond acceptors (Lipinski definition) is 5. The minimum Gasteiger partial charge on any atom is -0.326 e. The monoisotopic (exact) mass is 491 g/mol. The highest BCUT2D eigenvalue weighted by Crippen LogP contribution is 2.48. The summed E-state index contributed by atoms with van der Waals surface area (Å²) in [5, 5.41) is 9.42. The first-order chi connectivity index (χ1) is 17.4. The molecule has 6 atom stereocenters. The van der Waals surface area contributed by atoms with Crippen molar-refractivity contribution >= 4 is 11.8 Å². The molecule has 36 heavy (non-hydrogen) atoms. The molecule has 7 nitrogen and oxygen atoms in total. The largest absolute Gasteiger partial charge is 0.326 e. The first kappa shape index (κ1) is 23.1. The van der Waals surface area contributed by atoms with Gasteiger partial charge < -0.3 is 15.5 Å². The number of benzene rings is 2. The summed E-state index contributed by atoms with van der Waals surface area (Å²) in [7, 11) is 0. The van der Waals surface area contributed by atoms with Gasteiger partial charge in [0, 0.05) is 25.2 Å². The SMILES string of the molecule is N#C[C@@H]1C[C@@H]2C[C@@H]2N1C(=O)[C@@H](N)CN1C[C@@H]2C[C@H]1C(=O)N2C(c1ccc(F)cc1)c1ccc(F)cc1. The van der Waals surface area contributed by atoms with Gasteiger partial charge in [0.2, 0.25) is 11.8 Å². The van der Waals surface area contributed by atoms with Crippen molar-refractivity contribution in [3.05, 3.63) is 71.3 Å². The quantitative estimate of drug-likeness (QED) is 0.669. The Hall–Kier alpha value is -3.35. The maximum Gasteiger partial charge on any atom is 0.242 e. The van der Waals surface area contributed by atoms with Crippen LogP contribution in [0.25, 0.3) is 0 Å². The van der Waals surface area contributed by atoms with E-state index < -0.39 is 24.2 Å². The zero-order valence-corrected chi connectivity index (χ0v) is 19.6. The van der Waals surface area contributed by atoms with Crippen LogP contribution in [0.3, 0.4) is 0 Å². The summed E-state index contributed by atoms with van der Waals surface area (Å²) in [4.78, 5) is 32.2. The minimum atomic E-state index is -0.800. The highest BCUT2D eigenvalue weighted by molar-refractivity contribution is 5.87. The van der Waals surface area contributed by atoms with Gasteiger partial charge in [-0.3, -0.25) is 14.5 Å². The number of halogens is 2. The first-order valence-corrected chi connectivity index (χ1v) is 12.4. The van der Waals surface area contributed by atoms with Gasteiger partial charge in [0.15, 0.2) is 0 Å². The third-order valence-electron chi connectivity index (χ3n) is 8.22. The Labute approximate surface area is 208 Å². The fourth-order valence-corrected chi connectivity index (χ4v) is 6.44. The van der Waals surface area contributed by atoms with E-state index >= 15 is 0 Å². The summed E-state index contributed by atoms with van der Waals surface area (Å²) < 4.78 is 27.3. The number of nitriles is 1. The maximum atomic E-state index is 13.6. The second kappa shape index (κ2) is 8.64. The maximum absolute atomic E-state index is 13.6. The smallest absolute Gasteiger partial charge is 0.242 e. The molecule has 3 heterocycles. The van der Waals surface area contributed by atoms with E-state index in [1.165, 1.54) is 24.3 Å². The average Bonchev–Trinajstić information content (AvgIpc) is 3.19. The van der Waals surface area contributed by atoms with Gasteiger partial charge in [0.25, 0.3) is 0 Å². The zero-order chi connectivity index (χ0) is 25.1. The molecule has 4 aliphatic rings. The number of likely N-dealkylation sites (tertiary alicyclic amines) is 3. The zero-order valence-electron chi connectivity index (χ0n) is 19.6. The lowest BCUT2D eigenvalue weighted by atomic mass is 9.96. The Morgan fingerprint density at radius 2 is 1.64 bits per heavy atom. The van der Waals surface area contributed by atoms with Crippen LogP contribution in [0.1, 0.15) is 36.4 Å². The number of fused-ring (bicyclic) bond motifs is 3. The van der Waals surface area contributed by atoms with Crippen molar-refractivity contribution in [1.82, 2.24) is 14.7 Å². The van der Waals surface area contributed by atoms with Crippen LogP contribution >= 0.6 is 0 Å². The molecule has 2 amide bonds. The molecule has 4 fully saturated rings. The summed E-state index contributed by atoms with van der Waals surface area (Å²) in [5.41, 5.74) is 7.81. The number of piperidine rings is 1. The van der Waals surface area contributed by atoms with Crippen LogP contribution in [-0.2, 0) is 9.59 Å². The molecule has 2 aromatic rings. The lowest BCUT2D eigenvalue weighted by molar-refractivity contribution is -0.140. The molecular weight excluding hydrogens is 464 g/mol. The molecule has 6 rings (SSSR count). The van der Waals surface area contributed by atoms with Crippen LogP contribution in [0.5, 0.6) is 0 Å². The average molecular weight is 492 g/mol. The van der Waals surface area contributed by atoms with Gasteiger partial charge in [0.05, 0.1) is 24.2 Å². The van der Waals surface area contributed by atoms with Crippen LogP contribution < -0.4 is 5.73 Å². The topological polar surface area (TPSA) is 93.7 Å². The van der Waals surface area contributed by atoms with E-state index in [1.807, 2.05) is 9.80 Å². The summed E-state index contributed by atoms with van der Waals surface area (Å²) in [5.74, 6) is -0.620. The number of hydrogen-bond donors (Lipinski definition) is 1. The van der Waals surface area contributed by atoms with Gasteiger partial charge in [-0.25, -0.2) is 8.78 Å². The Kier molecular flexibility index (Phi) is 5.54. The Bertz CT molecular complexity index is 1180. The van der Waals surface area contributed by atoms with Crippen molar-refractivity contribution < 1.29 is 18.4 Å². The molecule has 9 heteroatoms. The van der Waals surface area contributed by atoms with E-state index in [4.69, 9.17) is 5.73 Å². The number of amides is 2. The van der Waals surface area contributed by atoms with Crippen LogP contribution in [-0.4, -0.2) is 69.8 Å². The predicted molar refractivity (Wildman–Crippen MR) is 126 cm³/mol. The minimum absolute atomic E-state index is 0.0807. The molecule has 2 aromatic carbocycles. The molecule has 0 radical (unpaired) electrons. The fourth-order valence-electron chi connectivity index (χ4n) is 6.44. The number of piperazine rings is 1. The van der Waals surface area contributed by atoms with Crippen molar-refractivity contribution in [1.29, 1.82) is 5.26 Å². The second-order valence-electron chi connectivity index (χ2n) is 10.4. The van der Waals surface area contributed by atoms with Gasteiger partial charge in [-0.1, -0.05) is 24.3 Å². The third kappa shape index (κ3) is 3.76. The van der Waals surface area contributed by atoms with E-state index in [0.29, 0.717) is 18.9 Å². The Morgan fingerprint density at radius 1 is 1.03 bits per heavy atom. The van der Waals surface area contributed by atoms with Crippen molar-refractivity contribution in [2.45, 2.75) is 55.5 Å². The lowest BCUT2D eigenvalue weighted by Gasteiger charge is -2.40. The Balaban J connectivity index is 1.20. The molecule has 1 saturated carbocycles. The summed E-state index contributed by atoms with van der Waals surface area (Å²) >= 11 is 0. The van der Waals surface area contributed by atoms with E-state index in [0.717, 1.165) is 24.0 Å². The normalized spacial score (nSPS) is 29.5. The second-order valence-corrected chi connectivity index (χ2v) is 10.4. The standard InChI is InChI=1S/C27H27F2N5O2/c28-18-5-1-15(2-6-18)25(16-3-7-19(29)8-4-16)34-21-11-24(27(34)36)32(13-21)14-22(31)26(35)33-20(12-30)9-17-10-23(17)33/h1-8,17,20-25H,9-11,13-14,31H2/t17-,20+,21+,22+,23+,24+/m1/s1. The van der Waals surface area contributed by atoms with Gasteiger partial charge in [0.1, 0.15) is 17.7 Å². The molecule has 3 aliphatic heterocycles. The predicted octanol–water partition coefficient (Wildman–Crippen LogP) is 2.18. The number of nitrogens with two attached hydrogens (primary N) is 1. The van der Waals surface area contributed by atoms with Crippen LogP contribution in [0, 0.1) is 28.9 Å². The highest BCUT2D eigenvalue weighted by Gasteiger charge is 2.56. The summed E-state index contributed by atoms with van der Waals surface area (Å²) in [6.07, 6.45) is 2.26. The van der Waals surface area contributed by atoms with Crippen molar-refractivity contribution in [3.63, 3.8) is 0 Å². The van der Waals surface area contributed by atoms with Crippen LogP contribution in [0.15, 0.2) is 48.5 Å². The molecule has 0 unspecified atom stereocenters. The Morgan fingerprint density at radius 3 is 2.19 bits per heavy atom. The molecule has 186 valence electrons. The summed E-state index contributed by atoms with van der Waals surface area (Å²) in [6, 6.07) is 12.2. The molecule has 1 aliphatic carbocycles. The third-order valence-corrected chi connectivity index (χ3v) is 8.22. The van der Waals surface area contributed by atoms with Crippen molar-refractivity contribution in [2.75, 3.05) is 13.1 Å². The summed E-state index contributed by atoms with van der Waals surface area (Å²) in [6.45, 7) is 0.813. The van der Waals surface area contributed by atoms with Gasteiger partial charge in [-0.15, -0.1) is 0 Å².